The molecule has 2 fully saturated rings. The van der Waals surface area contributed by atoms with Gasteiger partial charge in [-0.2, -0.15) is 0 Å². The molecule has 2 aliphatic rings. The molecule has 2 heterocycles. The quantitative estimate of drug-likeness (QED) is 0.582. The number of nitrogens with zero attached hydrogens (tertiary/aromatic N) is 4. The Labute approximate surface area is 167 Å². The van der Waals surface area contributed by atoms with E-state index in [0.29, 0.717) is 32.9 Å². The van der Waals surface area contributed by atoms with Gasteiger partial charge >= 0.3 is 0 Å². The van der Waals surface area contributed by atoms with E-state index in [9.17, 15) is 14.9 Å². The first-order valence-electron chi connectivity index (χ1n) is 9.27. The molecule has 0 atom stereocenters. The zero-order valence-electron chi connectivity index (χ0n) is 15.7. The van der Waals surface area contributed by atoms with Crippen LogP contribution in [0.4, 0.5) is 22.7 Å². The number of benzene rings is 2. The number of morpholine rings is 2. The summed E-state index contributed by atoms with van der Waals surface area (Å²) in [5.74, 6) is 0.667. The Bertz CT molecular complexity index is 927. The lowest BCUT2D eigenvalue weighted by atomic mass is 10.2. The summed E-state index contributed by atoms with van der Waals surface area (Å²) in [6, 6.07) is 13.8. The Morgan fingerprint density at radius 3 is 2.10 bits per heavy atom. The Morgan fingerprint density at radius 1 is 0.862 bits per heavy atom. The van der Waals surface area contributed by atoms with Gasteiger partial charge in [0, 0.05) is 36.6 Å². The van der Waals surface area contributed by atoms with Gasteiger partial charge in [-0.05, 0) is 36.4 Å². The van der Waals surface area contributed by atoms with Gasteiger partial charge in [0.15, 0.2) is 0 Å². The van der Waals surface area contributed by atoms with E-state index in [0.717, 1.165) is 22.9 Å². The van der Waals surface area contributed by atoms with Crippen LogP contribution in [0.1, 0.15) is 0 Å². The fraction of sp³-hybridized carbons (Fsp3) is 0.300. The summed E-state index contributed by atoms with van der Waals surface area (Å²) in [6.45, 7) is 2.67. The highest BCUT2D eigenvalue weighted by atomic mass is 16.6. The van der Waals surface area contributed by atoms with Crippen molar-refractivity contribution in [3.8, 4) is 0 Å². The third kappa shape index (κ3) is 4.25. The first-order chi connectivity index (χ1) is 14.1. The van der Waals surface area contributed by atoms with E-state index in [1.165, 1.54) is 12.1 Å². The standard InChI is InChI=1S/C20H20N4O5/c25-20-14-29-12-10-23(20)17-3-1-15(2-4-17)21-19-13-28-11-9-22(19)16-5-7-18(8-6-16)24(26)27/h1-8H,9-14H2. The van der Waals surface area contributed by atoms with Crippen LogP contribution in [0.2, 0.25) is 0 Å². The van der Waals surface area contributed by atoms with Gasteiger partial charge in [-0.1, -0.05) is 0 Å². The zero-order chi connectivity index (χ0) is 20.2. The predicted molar refractivity (Wildman–Crippen MR) is 108 cm³/mol. The monoisotopic (exact) mass is 396 g/mol. The lowest BCUT2D eigenvalue weighted by molar-refractivity contribution is -0.384. The van der Waals surface area contributed by atoms with Gasteiger partial charge in [0.2, 0.25) is 0 Å². The van der Waals surface area contributed by atoms with Crippen LogP contribution < -0.4 is 9.80 Å². The molecule has 29 heavy (non-hydrogen) atoms. The van der Waals surface area contributed by atoms with Gasteiger partial charge in [0.1, 0.15) is 19.0 Å². The molecular weight excluding hydrogens is 376 g/mol. The first kappa shape index (κ1) is 19.0. The summed E-state index contributed by atoms with van der Waals surface area (Å²) in [4.78, 5) is 30.8. The Morgan fingerprint density at radius 2 is 1.45 bits per heavy atom. The maximum atomic E-state index is 12.0. The van der Waals surface area contributed by atoms with E-state index in [1.54, 1.807) is 17.0 Å². The fourth-order valence-corrected chi connectivity index (χ4v) is 3.30. The van der Waals surface area contributed by atoms with E-state index < -0.39 is 4.92 Å². The zero-order valence-corrected chi connectivity index (χ0v) is 15.7. The van der Waals surface area contributed by atoms with Crippen LogP contribution in [0.3, 0.4) is 0 Å². The van der Waals surface area contributed by atoms with Gasteiger partial charge in [0.05, 0.1) is 23.8 Å². The normalized spacial score (nSPS) is 18.9. The maximum absolute atomic E-state index is 12.0. The number of nitro benzene ring substituents is 1. The number of carbonyl (C=O) groups excluding carboxylic acids is 1. The van der Waals surface area contributed by atoms with Crippen molar-refractivity contribution in [3.05, 3.63) is 58.6 Å². The number of non-ortho nitro benzene ring substituents is 1. The largest absolute Gasteiger partial charge is 0.372 e. The summed E-state index contributed by atoms with van der Waals surface area (Å²) in [5, 5.41) is 10.9. The highest BCUT2D eigenvalue weighted by Crippen LogP contribution is 2.25. The van der Waals surface area contributed by atoms with Crippen LogP contribution in [0.25, 0.3) is 0 Å². The average Bonchev–Trinajstić information content (AvgIpc) is 2.75. The second-order valence-electron chi connectivity index (χ2n) is 6.62. The molecule has 0 radical (unpaired) electrons. The van der Waals surface area contributed by atoms with E-state index in [1.807, 2.05) is 29.2 Å². The van der Waals surface area contributed by atoms with Crippen LogP contribution >= 0.6 is 0 Å². The molecule has 0 unspecified atom stereocenters. The summed E-state index contributed by atoms with van der Waals surface area (Å²) in [5.41, 5.74) is 2.43. The minimum absolute atomic E-state index is 0.0498. The van der Waals surface area contributed by atoms with Gasteiger partial charge in [-0.25, -0.2) is 4.99 Å². The molecule has 0 aromatic heterocycles. The van der Waals surface area contributed by atoms with Gasteiger partial charge in [-0.3, -0.25) is 14.9 Å². The van der Waals surface area contributed by atoms with Gasteiger partial charge < -0.3 is 19.3 Å². The lowest BCUT2D eigenvalue weighted by Gasteiger charge is -2.30. The Hall–Kier alpha value is -3.30. The molecule has 9 nitrogen and oxygen atoms in total. The third-order valence-corrected chi connectivity index (χ3v) is 4.78. The highest BCUT2D eigenvalue weighted by Gasteiger charge is 2.21. The van der Waals surface area contributed by atoms with Crippen molar-refractivity contribution in [2.24, 2.45) is 4.99 Å². The number of hydrogen-bond acceptors (Lipinski definition) is 6. The van der Waals surface area contributed by atoms with Crippen LogP contribution in [0, 0.1) is 10.1 Å². The van der Waals surface area contributed by atoms with Crippen molar-refractivity contribution >= 4 is 34.5 Å². The van der Waals surface area contributed by atoms with Crippen molar-refractivity contribution in [1.82, 2.24) is 0 Å². The molecule has 2 aromatic carbocycles. The number of nitro groups is 1. The van der Waals surface area contributed by atoms with Gasteiger partial charge in [-0.15, -0.1) is 0 Å². The predicted octanol–water partition coefficient (Wildman–Crippen LogP) is 2.52. The van der Waals surface area contributed by atoms with E-state index in [4.69, 9.17) is 14.5 Å². The summed E-state index contributed by atoms with van der Waals surface area (Å²) in [7, 11) is 0. The second kappa shape index (κ2) is 8.38. The molecule has 2 saturated heterocycles. The van der Waals surface area contributed by atoms with Crippen molar-refractivity contribution in [2.45, 2.75) is 0 Å². The number of amidine groups is 1. The van der Waals surface area contributed by atoms with Crippen LogP contribution in [0.5, 0.6) is 0 Å². The molecule has 2 aliphatic heterocycles. The molecule has 4 rings (SSSR count). The number of anilines is 2. The molecule has 0 bridgehead atoms. The maximum Gasteiger partial charge on any atom is 0.269 e. The van der Waals surface area contributed by atoms with Crippen molar-refractivity contribution in [1.29, 1.82) is 0 Å². The number of hydrogen-bond donors (Lipinski definition) is 0. The fourth-order valence-electron chi connectivity index (χ4n) is 3.30. The van der Waals surface area contributed by atoms with E-state index >= 15 is 0 Å². The highest BCUT2D eigenvalue weighted by molar-refractivity contribution is 6.01. The molecule has 1 amide bonds. The minimum atomic E-state index is -0.418. The molecule has 0 N–H and O–H groups in total. The molecule has 0 spiro atoms. The molecule has 0 saturated carbocycles. The molecule has 9 heteroatoms. The van der Waals surface area contributed by atoms with Gasteiger partial charge in [0.25, 0.3) is 11.6 Å². The molecular formula is C20H20N4O5. The Kier molecular flexibility index (Phi) is 5.50. The summed E-state index contributed by atoms with van der Waals surface area (Å²) in [6.07, 6.45) is 0. The topological polar surface area (TPSA) is 97.5 Å². The van der Waals surface area contributed by atoms with E-state index in [-0.39, 0.29) is 18.2 Å². The van der Waals surface area contributed by atoms with Crippen LogP contribution in [-0.2, 0) is 14.3 Å². The second-order valence-corrected chi connectivity index (χ2v) is 6.62. The number of ether oxygens (including phenoxy) is 2. The smallest absolute Gasteiger partial charge is 0.269 e. The van der Waals surface area contributed by atoms with E-state index in [2.05, 4.69) is 0 Å². The number of rotatable bonds is 4. The SMILES string of the molecule is O=C1COCCN1c1ccc(N=C2COCCN2c2ccc([N+](=O)[O-])cc2)cc1. The molecule has 0 aliphatic carbocycles. The van der Waals surface area contributed by atoms with Crippen LogP contribution in [0.15, 0.2) is 53.5 Å². The first-order valence-corrected chi connectivity index (χ1v) is 9.27. The third-order valence-electron chi connectivity index (χ3n) is 4.78. The number of amides is 1. The van der Waals surface area contributed by atoms with Crippen LogP contribution in [-0.4, -0.2) is 56.2 Å². The number of carbonyl (C=O) groups is 1. The average molecular weight is 396 g/mol. The number of aliphatic imine (C=N–C) groups is 1. The van der Waals surface area contributed by atoms with Crippen molar-refractivity contribution < 1.29 is 19.2 Å². The van der Waals surface area contributed by atoms with Crippen molar-refractivity contribution in [3.63, 3.8) is 0 Å². The molecule has 2 aromatic rings. The minimum Gasteiger partial charge on any atom is -0.372 e. The summed E-state index contributed by atoms with van der Waals surface area (Å²) < 4.78 is 10.7. The van der Waals surface area contributed by atoms with Crippen molar-refractivity contribution in [2.75, 3.05) is 49.3 Å². The molecule has 150 valence electrons. The Balaban J connectivity index is 1.54. The lowest BCUT2D eigenvalue weighted by Crippen LogP contribution is -2.42. The summed E-state index contributed by atoms with van der Waals surface area (Å²) >= 11 is 0.